The van der Waals surface area contributed by atoms with Gasteiger partial charge in [0.25, 0.3) is 0 Å². The number of phosphoric ester groups is 2. The Morgan fingerprint density at radius 3 is 0.701 bits per heavy atom. The first-order chi connectivity index (χ1) is 47.0. The highest BCUT2D eigenvalue weighted by atomic mass is 31.2. The maximum Gasteiger partial charge on any atom is 0.472 e. The maximum absolute atomic E-state index is 13.1. The number of carbonyl (C=O) groups excluding carboxylic acids is 4. The summed E-state index contributed by atoms with van der Waals surface area (Å²) < 4.78 is 68.6. The van der Waals surface area contributed by atoms with Gasteiger partial charge in [0, 0.05) is 25.7 Å². The Morgan fingerprint density at radius 1 is 0.278 bits per heavy atom. The molecule has 0 rings (SSSR count). The zero-order valence-electron chi connectivity index (χ0n) is 63.2. The topological polar surface area (TPSA) is 237 Å². The number of ether oxygens (including phenoxy) is 4. The first-order valence-electron chi connectivity index (χ1n) is 40.6. The largest absolute Gasteiger partial charge is 0.472 e. The second kappa shape index (κ2) is 71.1. The van der Waals surface area contributed by atoms with Crippen LogP contribution in [-0.2, 0) is 65.4 Å². The van der Waals surface area contributed by atoms with E-state index in [1.807, 2.05) is 0 Å². The van der Waals surface area contributed by atoms with Crippen LogP contribution in [0.3, 0.4) is 0 Å². The van der Waals surface area contributed by atoms with Gasteiger partial charge in [0.05, 0.1) is 26.4 Å². The molecule has 0 saturated carbocycles. The van der Waals surface area contributed by atoms with Crippen molar-refractivity contribution >= 4 is 39.5 Å². The minimum atomic E-state index is -4.96. The van der Waals surface area contributed by atoms with Crippen molar-refractivity contribution in [2.24, 2.45) is 5.92 Å². The summed E-state index contributed by atoms with van der Waals surface area (Å²) in [6.07, 6.45) is 61.0. The fourth-order valence-corrected chi connectivity index (χ4v) is 13.6. The minimum Gasteiger partial charge on any atom is -0.462 e. The zero-order valence-corrected chi connectivity index (χ0v) is 65.0. The predicted octanol–water partition coefficient (Wildman–Crippen LogP) is 23.3. The van der Waals surface area contributed by atoms with Crippen LogP contribution in [0, 0.1) is 5.92 Å². The molecule has 0 radical (unpaired) electrons. The number of hydrogen-bond donors (Lipinski definition) is 3. The molecular formula is C78H152O17P2. The molecule has 576 valence electrons. The molecule has 97 heavy (non-hydrogen) atoms. The third-order valence-corrected chi connectivity index (χ3v) is 20.2. The number of unbranched alkanes of at least 4 members (excludes halogenated alkanes) is 50. The number of carbonyl (C=O) groups is 4. The normalized spacial score (nSPS) is 13.9. The van der Waals surface area contributed by atoms with Gasteiger partial charge >= 0.3 is 39.5 Å². The lowest BCUT2D eigenvalue weighted by atomic mass is 10.0. The Balaban J connectivity index is 5.21. The van der Waals surface area contributed by atoms with Crippen molar-refractivity contribution in [3.05, 3.63) is 0 Å². The molecule has 19 heteroatoms. The van der Waals surface area contributed by atoms with Crippen LogP contribution in [0.15, 0.2) is 0 Å². The molecule has 0 aliphatic carbocycles. The summed E-state index contributed by atoms with van der Waals surface area (Å²) in [6, 6.07) is 0. The Labute approximate surface area is 594 Å². The molecule has 0 aliphatic rings. The lowest BCUT2D eigenvalue weighted by Crippen LogP contribution is -2.30. The SMILES string of the molecule is CCCCCCCCCCCCCCCCCCC(=O)OC[C@H](COP(=O)(O)OC[C@@H](O)COP(=O)(O)OC[C@@H](COC(=O)CCCCCCCCCC)OC(=O)CCCCCCCCCCCCCCCCC)OC(=O)CCCCCCCCCCCCCCCCCC(C)C. The lowest BCUT2D eigenvalue weighted by Gasteiger charge is -2.21. The number of hydrogen-bond acceptors (Lipinski definition) is 15. The van der Waals surface area contributed by atoms with Gasteiger partial charge in [-0.15, -0.1) is 0 Å². The van der Waals surface area contributed by atoms with Crippen molar-refractivity contribution in [3.63, 3.8) is 0 Å². The number of rotatable bonds is 78. The van der Waals surface area contributed by atoms with Crippen LogP contribution in [0.2, 0.25) is 0 Å². The predicted molar refractivity (Wildman–Crippen MR) is 395 cm³/mol. The van der Waals surface area contributed by atoms with E-state index in [4.69, 9.17) is 37.0 Å². The molecule has 0 aromatic carbocycles. The molecule has 5 atom stereocenters. The number of aliphatic hydroxyl groups is 1. The number of phosphoric acid groups is 2. The van der Waals surface area contributed by atoms with Crippen molar-refractivity contribution in [2.45, 2.75) is 432 Å². The highest BCUT2D eigenvalue weighted by Crippen LogP contribution is 2.45. The summed E-state index contributed by atoms with van der Waals surface area (Å²) >= 11 is 0. The Bertz CT molecular complexity index is 1860. The van der Waals surface area contributed by atoms with Gasteiger partial charge in [-0.25, -0.2) is 9.13 Å². The minimum absolute atomic E-state index is 0.108. The van der Waals surface area contributed by atoms with E-state index in [1.54, 1.807) is 0 Å². The Kier molecular flexibility index (Phi) is 69.6. The van der Waals surface area contributed by atoms with E-state index in [0.29, 0.717) is 25.7 Å². The van der Waals surface area contributed by atoms with Crippen LogP contribution in [0.1, 0.15) is 413 Å². The molecule has 0 aromatic heterocycles. The van der Waals surface area contributed by atoms with Crippen LogP contribution in [0.4, 0.5) is 0 Å². The third kappa shape index (κ3) is 72.2. The molecule has 0 spiro atoms. The summed E-state index contributed by atoms with van der Waals surface area (Å²) in [4.78, 5) is 72.8. The van der Waals surface area contributed by atoms with Gasteiger partial charge < -0.3 is 33.8 Å². The molecule has 0 aliphatic heterocycles. The summed E-state index contributed by atoms with van der Waals surface area (Å²) in [5.41, 5.74) is 0. The van der Waals surface area contributed by atoms with Crippen LogP contribution < -0.4 is 0 Å². The highest BCUT2D eigenvalue weighted by Gasteiger charge is 2.30. The van der Waals surface area contributed by atoms with Crippen molar-refractivity contribution in [1.82, 2.24) is 0 Å². The van der Waals surface area contributed by atoms with Crippen LogP contribution >= 0.6 is 15.6 Å². The molecule has 3 N–H and O–H groups in total. The number of esters is 4. The molecule has 0 aromatic rings. The molecule has 0 heterocycles. The molecule has 0 amide bonds. The summed E-state index contributed by atoms with van der Waals surface area (Å²) in [6.45, 7) is 7.32. The lowest BCUT2D eigenvalue weighted by molar-refractivity contribution is -0.161. The van der Waals surface area contributed by atoms with Crippen molar-refractivity contribution in [2.75, 3.05) is 39.6 Å². The van der Waals surface area contributed by atoms with Crippen molar-refractivity contribution < 1.29 is 80.2 Å². The molecule has 0 bridgehead atoms. The van der Waals surface area contributed by atoms with E-state index in [-0.39, 0.29) is 25.7 Å². The van der Waals surface area contributed by atoms with Crippen molar-refractivity contribution in [3.8, 4) is 0 Å². The van der Waals surface area contributed by atoms with E-state index in [9.17, 15) is 43.2 Å². The van der Waals surface area contributed by atoms with E-state index in [2.05, 4.69) is 34.6 Å². The summed E-state index contributed by atoms with van der Waals surface area (Å²) in [5, 5.41) is 10.6. The highest BCUT2D eigenvalue weighted by molar-refractivity contribution is 7.47. The molecule has 2 unspecified atom stereocenters. The third-order valence-electron chi connectivity index (χ3n) is 18.3. The second-order valence-electron chi connectivity index (χ2n) is 28.6. The standard InChI is InChI=1S/C78H152O17P2/c1-6-9-12-15-18-21-23-25-27-31-34-38-42-47-52-57-62-76(81)89-68-74(95-78(83)64-59-54-49-44-40-36-32-28-30-33-37-41-45-50-55-60-71(4)5)70-93-97(86,87)91-66-72(79)65-90-96(84,85)92-69-73(67-88-75(80)61-56-51-46-20-17-14-11-8-3)94-77(82)63-58-53-48-43-39-35-29-26-24-22-19-16-13-10-7-2/h71-74,79H,6-70H2,1-5H3,(H,84,85)(H,86,87)/t72-,73+,74+/m0/s1. The fraction of sp³-hybridized carbons (Fsp3) is 0.949. The molecule has 0 fully saturated rings. The second-order valence-corrected chi connectivity index (χ2v) is 31.5. The van der Waals surface area contributed by atoms with Crippen LogP contribution in [0.5, 0.6) is 0 Å². The number of aliphatic hydroxyl groups excluding tert-OH is 1. The zero-order chi connectivity index (χ0) is 71.2. The first-order valence-corrected chi connectivity index (χ1v) is 43.6. The van der Waals surface area contributed by atoms with Gasteiger partial charge in [0.1, 0.15) is 19.3 Å². The molecular weight excluding hydrogens is 1270 g/mol. The Morgan fingerprint density at radius 2 is 0.474 bits per heavy atom. The van der Waals surface area contributed by atoms with Gasteiger partial charge in [0.2, 0.25) is 0 Å². The first kappa shape index (κ1) is 95.1. The Hall–Kier alpha value is -1.94. The summed E-state index contributed by atoms with van der Waals surface area (Å²) in [7, 11) is -9.91. The van der Waals surface area contributed by atoms with E-state index >= 15 is 0 Å². The monoisotopic (exact) mass is 1420 g/mol. The van der Waals surface area contributed by atoms with Crippen LogP contribution in [0.25, 0.3) is 0 Å². The van der Waals surface area contributed by atoms with Gasteiger partial charge in [-0.2, -0.15) is 0 Å². The van der Waals surface area contributed by atoms with E-state index in [0.717, 1.165) is 102 Å². The average molecular weight is 1420 g/mol. The van der Waals surface area contributed by atoms with E-state index in [1.165, 1.54) is 231 Å². The van der Waals surface area contributed by atoms with Gasteiger partial charge in [-0.05, 0) is 31.6 Å². The van der Waals surface area contributed by atoms with Gasteiger partial charge in [-0.3, -0.25) is 37.3 Å². The quantitative estimate of drug-likeness (QED) is 0.0222. The van der Waals surface area contributed by atoms with Gasteiger partial charge in [0.15, 0.2) is 12.2 Å². The molecule has 17 nitrogen and oxygen atoms in total. The van der Waals surface area contributed by atoms with E-state index < -0.39 is 97.5 Å². The molecule has 0 saturated heterocycles. The maximum atomic E-state index is 13.1. The van der Waals surface area contributed by atoms with Gasteiger partial charge in [-0.1, -0.05) is 362 Å². The van der Waals surface area contributed by atoms with Crippen LogP contribution in [-0.4, -0.2) is 96.7 Å². The smallest absolute Gasteiger partial charge is 0.462 e. The summed E-state index contributed by atoms with van der Waals surface area (Å²) in [5.74, 6) is -1.31. The van der Waals surface area contributed by atoms with Crippen molar-refractivity contribution in [1.29, 1.82) is 0 Å². The fourth-order valence-electron chi connectivity index (χ4n) is 12.1. The average Bonchev–Trinajstić information content (AvgIpc) is 1.70.